The molecule has 0 aromatic heterocycles. The molecule has 0 radical (unpaired) electrons. The smallest absolute Gasteiger partial charge is 0.254 e. The Morgan fingerprint density at radius 1 is 1.67 bits per heavy atom. The van der Waals surface area contributed by atoms with E-state index in [2.05, 4.69) is 21.2 Å². The molecular weight excluding hydrogens is 265 g/mol. The maximum absolute atomic E-state index is 13.2. The van der Waals surface area contributed by atoms with E-state index in [9.17, 15) is 9.18 Å². The van der Waals surface area contributed by atoms with Crippen LogP contribution in [-0.2, 0) is 0 Å². The van der Waals surface area contributed by atoms with Gasteiger partial charge in [0.25, 0.3) is 5.91 Å². The van der Waals surface area contributed by atoms with Crippen molar-refractivity contribution in [2.75, 3.05) is 6.54 Å². The molecule has 5 heteroatoms. The Balaban J connectivity index is 2.77. The van der Waals surface area contributed by atoms with Crippen LogP contribution in [0, 0.1) is 5.82 Å². The van der Waals surface area contributed by atoms with E-state index in [1.165, 1.54) is 25.1 Å². The lowest BCUT2D eigenvalue weighted by Crippen LogP contribution is -2.31. The lowest BCUT2D eigenvalue weighted by Gasteiger charge is -2.07. The largest absolute Gasteiger partial charge is 0.392 e. The van der Waals surface area contributed by atoms with Crippen LogP contribution in [0.15, 0.2) is 22.7 Å². The van der Waals surface area contributed by atoms with Gasteiger partial charge in [0.05, 0.1) is 11.7 Å². The predicted molar refractivity (Wildman–Crippen MR) is 58.1 cm³/mol. The van der Waals surface area contributed by atoms with Gasteiger partial charge in [0.15, 0.2) is 0 Å². The van der Waals surface area contributed by atoms with Crippen molar-refractivity contribution in [3.63, 3.8) is 0 Å². The summed E-state index contributed by atoms with van der Waals surface area (Å²) < 4.78 is 13.8. The van der Waals surface area contributed by atoms with Crippen molar-refractivity contribution in [2.24, 2.45) is 0 Å². The standard InChI is InChI=1S/C10H11BrFNO2/c1-6(14)5-13-10(15)8-4-7(11)2-3-9(8)12/h2-4,6,14H,5H2,1H3,(H,13,15)/t6-/m1/s1. The normalized spacial score (nSPS) is 12.3. The lowest BCUT2D eigenvalue weighted by atomic mass is 10.2. The molecule has 2 N–H and O–H groups in total. The van der Waals surface area contributed by atoms with Gasteiger partial charge in [0.2, 0.25) is 0 Å². The number of carbonyl (C=O) groups excluding carboxylic acids is 1. The molecular formula is C10H11BrFNO2. The van der Waals surface area contributed by atoms with E-state index in [-0.39, 0.29) is 12.1 Å². The van der Waals surface area contributed by atoms with Gasteiger partial charge in [-0.2, -0.15) is 0 Å². The van der Waals surface area contributed by atoms with Crippen molar-refractivity contribution < 1.29 is 14.3 Å². The van der Waals surface area contributed by atoms with Crippen molar-refractivity contribution in [3.05, 3.63) is 34.1 Å². The Morgan fingerprint density at radius 3 is 2.93 bits per heavy atom. The van der Waals surface area contributed by atoms with Gasteiger partial charge in [-0.3, -0.25) is 4.79 Å². The molecule has 3 nitrogen and oxygen atoms in total. The molecule has 0 aliphatic carbocycles. The summed E-state index contributed by atoms with van der Waals surface area (Å²) in [6.07, 6.45) is -0.649. The zero-order valence-electron chi connectivity index (χ0n) is 8.13. The van der Waals surface area contributed by atoms with Crippen LogP contribution in [0.25, 0.3) is 0 Å². The van der Waals surface area contributed by atoms with Crippen LogP contribution in [0.4, 0.5) is 4.39 Å². The molecule has 0 saturated carbocycles. The Labute approximate surface area is 95.4 Å². The van der Waals surface area contributed by atoms with Crippen LogP contribution in [0.5, 0.6) is 0 Å². The highest BCUT2D eigenvalue weighted by Gasteiger charge is 2.12. The van der Waals surface area contributed by atoms with E-state index in [1.807, 2.05) is 0 Å². The van der Waals surface area contributed by atoms with Gasteiger partial charge < -0.3 is 10.4 Å². The number of hydrogen-bond donors (Lipinski definition) is 2. The first-order valence-electron chi connectivity index (χ1n) is 4.42. The van der Waals surface area contributed by atoms with Crippen molar-refractivity contribution >= 4 is 21.8 Å². The molecule has 0 fully saturated rings. The second-order valence-corrected chi connectivity index (χ2v) is 4.10. The zero-order valence-corrected chi connectivity index (χ0v) is 9.71. The molecule has 82 valence electrons. The van der Waals surface area contributed by atoms with E-state index < -0.39 is 17.8 Å². The predicted octanol–water partition coefficient (Wildman–Crippen LogP) is 1.70. The van der Waals surface area contributed by atoms with Crippen LogP contribution < -0.4 is 5.32 Å². The topological polar surface area (TPSA) is 49.3 Å². The number of benzene rings is 1. The molecule has 1 rings (SSSR count). The molecule has 1 atom stereocenters. The van der Waals surface area contributed by atoms with Gasteiger partial charge in [-0.05, 0) is 25.1 Å². The van der Waals surface area contributed by atoms with Crippen molar-refractivity contribution in [3.8, 4) is 0 Å². The Kier molecular flexibility index (Phi) is 4.23. The third kappa shape index (κ3) is 3.60. The average Bonchev–Trinajstić information content (AvgIpc) is 2.18. The summed E-state index contributed by atoms with van der Waals surface area (Å²) in [6.45, 7) is 1.64. The molecule has 15 heavy (non-hydrogen) atoms. The SMILES string of the molecule is C[C@@H](O)CNC(=O)c1cc(Br)ccc1F. The molecule has 1 aromatic carbocycles. The Morgan fingerprint density at radius 2 is 2.33 bits per heavy atom. The zero-order chi connectivity index (χ0) is 11.4. The summed E-state index contributed by atoms with van der Waals surface area (Å²) in [5.74, 6) is -1.11. The number of nitrogens with one attached hydrogen (secondary N) is 1. The second kappa shape index (κ2) is 5.23. The van der Waals surface area contributed by atoms with E-state index in [0.717, 1.165) is 0 Å². The molecule has 1 aromatic rings. The van der Waals surface area contributed by atoms with Crippen LogP contribution in [0.3, 0.4) is 0 Å². The fourth-order valence-corrected chi connectivity index (χ4v) is 1.37. The second-order valence-electron chi connectivity index (χ2n) is 3.18. The molecule has 0 spiro atoms. The summed E-state index contributed by atoms with van der Waals surface area (Å²) in [7, 11) is 0. The first-order valence-corrected chi connectivity index (χ1v) is 5.21. The fraction of sp³-hybridized carbons (Fsp3) is 0.300. The minimum Gasteiger partial charge on any atom is -0.392 e. The van der Waals surface area contributed by atoms with E-state index in [4.69, 9.17) is 5.11 Å². The van der Waals surface area contributed by atoms with Crippen LogP contribution in [-0.4, -0.2) is 23.7 Å². The quantitative estimate of drug-likeness (QED) is 0.882. The molecule has 0 saturated heterocycles. The van der Waals surface area contributed by atoms with Gasteiger partial charge in [-0.15, -0.1) is 0 Å². The van der Waals surface area contributed by atoms with Crippen molar-refractivity contribution in [1.82, 2.24) is 5.32 Å². The van der Waals surface area contributed by atoms with E-state index >= 15 is 0 Å². The molecule has 0 heterocycles. The summed E-state index contributed by atoms with van der Waals surface area (Å²) in [4.78, 5) is 11.4. The van der Waals surface area contributed by atoms with Gasteiger partial charge >= 0.3 is 0 Å². The fourth-order valence-electron chi connectivity index (χ4n) is 1.01. The molecule has 0 bridgehead atoms. The van der Waals surface area contributed by atoms with E-state index in [0.29, 0.717) is 4.47 Å². The average molecular weight is 276 g/mol. The monoisotopic (exact) mass is 275 g/mol. The summed E-state index contributed by atoms with van der Waals surface area (Å²) >= 11 is 3.15. The highest BCUT2D eigenvalue weighted by molar-refractivity contribution is 9.10. The maximum atomic E-state index is 13.2. The molecule has 0 aliphatic heterocycles. The highest BCUT2D eigenvalue weighted by Crippen LogP contribution is 2.15. The van der Waals surface area contributed by atoms with Crippen molar-refractivity contribution in [1.29, 1.82) is 0 Å². The number of aliphatic hydroxyl groups excluding tert-OH is 1. The lowest BCUT2D eigenvalue weighted by molar-refractivity contribution is 0.0920. The van der Waals surface area contributed by atoms with Crippen LogP contribution >= 0.6 is 15.9 Å². The van der Waals surface area contributed by atoms with Crippen LogP contribution in [0.2, 0.25) is 0 Å². The van der Waals surface area contributed by atoms with Crippen molar-refractivity contribution in [2.45, 2.75) is 13.0 Å². The Bertz CT molecular complexity index is 368. The third-order valence-corrected chi connectivity index (χ3v) is 2.22. The molecule has 0 unspecified atom stereocenters. The number of halogens is 2. The minimum absolute atomic E-state index is 0.0370. The highest BCUT2D eigenvalue weighted by atomic mass is 79.9. The van der Waals surface area contributed by atoms with Gasteiger partial charge in [0, 0.05) is 11.0 Å². The maximum Gasteiger partial charge on any atom is 0.254 e. The summed E-state index contributed by atoms with van der Waals surface area (Å²) in [5.41, 5.74) is -0.0370. The Hall–Kier alpha value is -0.940. The number of aliphatic hydroxyl groups is 1. The summed E-state index contributed by atoms with van der Waals surface area (Å²) in [5, 5.41) is 11.4. The third-order valence-electron chi connectivity index (χ3n) is 1.73. The summed E-state index contributed by atoms with van der Waals surface area (Å²) in [6, 6.07) is 4.12. The number of hydrogen-bond acceptors (Lipinski definition) is 2. The first kappa shape index (κ1) is 12.1. The van der Waals surface area contributed by atoms with Crippen LogP contribution in [0.1, 0.15) is 17.3 Å². The van der Waals surface area contributed by atoms with Gasteiger partial charge in [-0.1, -0.05) is 15.9 Å². The first-order chi connectivity index (χ1) is 7.00. The minimum atomic E-state index is -0.649. The molecule has 1 amide bonds. The number of amides is 1. The number of carbonyl (C=O) groups is 1. The van der Waals surface area contributed by atoms with Gasteiger partial charge in [0.1, 0.15) is 5.82 Å². The van der Waals surface area contributed by atoms with E-state index in [1.54, 1.807) is 0 Å². The number of rotatable bonds is 3. The molecule has 0 aliphatic rings. The van der Waals surface area contributed by atoms with Gasteiger partial charge in [-0.25, -0.2) is 4.39 Å².